The van der Waals surface area contributed by atoms with Crippen molar-refractivity contribution in [1.82, 2.24) is 10.3 Å². The molecule has 0 aliphatic carbocycles. The maximum Gasteiger partial charge on any atom is 0.322 e. The number of ketones is 1. The summed E-state index contributed by atoms with van der Waals surface area (Å²) >= 11 is 0. The Morgan fingerprint density at radius 3 is 2.75 bits per heavy atom. The topological polar surface area (TPSA) is 71.5 Å². The second kappa shape index (κ2) is 6.66. The van der Waals surface area contributed by atoms with Crippen LogP contribution in [-0.4, -0.2) is 30.5 Å². The first-order chi connectivity index (χ1) is 11.6. The van der Waals surface area contributed by atoms with Gasteiger partial charge in [-0.05, 0) is 23.8 Å². The van der Waals surface area contributed by atoms with Crippen molar-refractivity contribution in [3.63, 3.8) is 0 Å². The number of ether oxygens (including phenoxy) is 1. The van der Waals surface area contributed by atoms with Crippen molar-refractivity contribution >= 4 is 17.5 Å². The third kappa shape index (κ3) is 3.19. The molecule has 24 heavy (non-hydrogen) atoms. The van der Waals surface area contributed by atoms with E-state index in [0.29, 0.717) is 11.6 Å². The van der Waals surface area contributed by atoms with Gasteiger partial charge in [0.1, 0.15) is 11.5 Å². The molecule has 0 atom stereocenters. The Kier molecular flexibility index (Phi) is 4.41. The molecule has 0 fully saturated rings. The van der Waals surface area contributed by atoms with Gasteiger partial charge >= 0.3 is 6.03 Å². The van der Waals surface area contributed by atoms with Crippen LogP contribution in [0, 0.1) is 5.82 Å². The molecule has 0 saturated carbocycles. The number of fused-ring (bicyclic) bond motifs is 1. The number of nitrogens with zero attached hydrogens (tertiary/aromatic N) is 2. The van der Waals surface area contributed by atoms with Crippen molar-refractivity contribution in [1.29, 1.82) is 0 Å². The average Bonchev–Trinajstić information content (AvgIpc) is 2.61. The summed E-state index contributed by atoms with van der Waals surface area (Å²) in [7, 11) is 1.47. The van der Waals surface area contributed by atoms with E-state index in [1.54, 1.807) is 24.3 Å². The van der Waals surface area contributed by atoms with Crippen LogP contribution in [0.1, 0.15) is 22.5 Å². The molecular formula is C17H16FN3O3. The van der Waals surface area contributed by atoms with E-state index in [-0.39, 0.29) is 42.8 Å². The van der Waals surface area contributed by atoms with Crippen molar-refractivity contribution < 1.29 is 18.7 Å². The smallest absolute Gasteiger partial charge is 0.322 e. The van der Waals surface area contributed by atoms with Crippen LogP contribution in [0.15, 0.2) is 36.4 Å². The summed E-state index contributed by atoms with van der Waals surface area (Å²) in [4.78, 5) is 30.1. The average molecular weight is 329 g/mol. The zero-order chi connectivity index (χ0) is 17.1. The number of amides is 2. The van der Waals surface area contributed by atoms with Crippen LogP contribution in [0.25, 0.3) is 0 Å². The molecule has 3 rings (SSSR count). The first-order valence-corrected chi connectivity index (χ1v) is 7.46. The number of anilines is 1. The number of hydrogen-bond donors (Lipinski definition) is 1. The van der Waals surface area contributed by atoms with E-state index in [4.69, 9.17) is 4.74 Å². The number of nitrogens with one attached hydrogen (secondary N) is 1. The first-order valence-electron chi connectivity index (χ1n) is 7.46. The molecule has 1 aromatic heterocycles. The zero-order valence-electron chi connectivity index (χ0n) is 13.1. The molecular weight excluding hydrogens is 313 g/mol. The van der Waals surface area contributed by atoms with Gasteiger partial charge in [0.05, 0.1) is 12.8 Å². The minimum Gasteiger partial charge on any atom is -0.481 e. The number of hydrogen-bond acceptors (Lipinski definition) is 4. The molecule has 2 aromatic rings. The summed E-state index contributed by atoms with van der Waals surface area (Å²) in [6, 6.07) is 8.82. The van der Waals surface area contributed by atoms with Gasteiger partial charge in [-0.3, -0.25) is 9.69 Å². The fourth-order valence-corrected chi connectivity index (χ4v) is 2.51. The zero-order valence-corrected chi connectivity index (χ0v) is 13.1. The summed E-state index contributed by atoms with van der Waals surface area (Å²) in [6.07, 6.45) is 0.205. The highest BCUT2D eigenvalue weighted by Gasteiger charge is 2.28. The largest absolute Gasteiger partial charge is 0.481 e. The maximum atomic E-state index is 12.9. The quantitative estimate of drug-likeness (QED) is 0.939. The van der Waals surface area contributed by atoms with Crippen LogP contribution >= 0.6 is 0 Å². The van der Waals surface area contributed by atoms with E-state index in [1.807, 2.05) is 0 Å². The Morgan fingerprint density at radius 1 is 1.29 bits per heavy atom. The molecule has 0 spiro atoms. The molecule has 1 N–H and O–H groups in total. The molecule has 1 aliphatic rings. The van der Waals surface area contributed by atoms with E-state index in [1.165, 1.54) is 24.1 Å². The van der Waals surface area contributed by atoms with Crippen molar-refractivity contribution in [2.45, 2.75) is 13.0 Å². The summed E-state index contributed by atoms with van der Waals surface area (Å²) in [5, 5.41) is 2.77. The number of halogens is 1. The van der Waals surface area contributed by atoms with Crippen molar-refractivity contribution in [3.05, 3.63) is 53.5 Å². The third-order valence-electron chi connectivity index (χ3n) is 3.78. The molecule has 1 aliphatic heterocycles. The van der Waals surface area contributed by atoms with E-state index in [9.17, 15) is 14.0 Å². The SMILES string of the molecule is COc1ccc2c(n1)C(=O)CCN2C(=O)NCc1ccc(F)cc1. The summed E-state index contributed by atoms with van der Waals surface area (Å²) in [6.45, 7) is 0.553. The molecule has 6 nitrogen and oxygen atoms in total. The third-order valence-corrected chi connectivity index (χ3v) is 3.78. The summed E-state index contributed by atoms with van der Waals surface area (Å²) < 4.78 is 17.9. The first kappa shape index (κ1) is 15.9. The van der Waals surface area contributed by atoms with Crippen LogP contribution in [0.4, 0.5) is 14.9 Å². The summed E-state index contributed by atoms with van der Waals surface area (Å²) in [5.41, 5.74) is 1.48. The minimum atomic E-state index is -0.333. The highest BCUT2D eigenvalue weighted by atomic mass is 19.1. The van der Waals surface area contributed by atoms with Gasteiger partial charge in [-0.15, -0.1) is 0 Å². The molecule has 0 bridgehead atoms. The van der Waals surface area contributed by atoms with Crippen LogP contribution in [-0.2, 0) is 6.54 Å². The second-order valence-electron chi connectivity index (χ2n) is 5.33. The van der Waals surface area contributed by atoms with E-state index < -0.39 is 0 Å². The molecule has 7 heteroatoms. The molecule has 0 unspecified atom stereocenters. The highest BCUT2D eigenvalue weighted by Crippen LogP contribution is 2.27. The summed E-state index contributed by atoms with van der Waals surface area (Å²) in [5.74, 6) is -0.115. The Balaban J connectivity index is 1.75. The number of benzene rings is 1. The van der Waals surface area contributed by atoms with Gasteiger partial charge in [0.25, 0.3) is 0 Å². The molecule has 0 radical (unpaired) electrons. The van der Waals surface area contributed by atoms with Gasteiger partial charge in [0.15, 0.2) is 5.78 Å². The standard InChI is InChI=1S/C17H16FN3O3/c1-24-15-7-6-13-16(20-15)14(22)8-9-21(13)17(23)19-10-11-2-4-12(18)5-3-11/h2-7H,8-10H2,1H3,(H,19,23). The monoisotopic (exact) mass is 329 g/mol. The Morgan fingerprint density at radius 2 is 2.04 bits per heavy atom. The number of carbonyl (C=O) groups is 2. The second-order valence-corrected chi connectivity index (χ2v) is 5.33. The predicted octanol–water partition coefficient (Wildman–Crippen LogP) is 2.53. The molecule has 0 saturated heterocycles. The number of carbonyl (C=O) groups excluding carboxylic acids is 2. The van der Waals surface area contributed by atoms with Crippen molar-refractivity contribution in [3.8, 4) is 5.88 Å². The fraction of sp³-hybridized carbons (Fsp3) is 0.235. The number of rotatable bonds is 3. The van der Waals surface area contributed by atoms with Gasteiger partial charge in [-0.25, -0.2) is 14.2 Å². The molecule has 2 heterocycles. The van der Waals surface area contributed by atoms with Gasteiger partial charge < -0.3 is 10.1 Å². The Labute approximate surface area is 138 Å². The number of urea groups is 1. The lowest BCUT2D eigenvalue weighted by atomic mass is 10.1. The molecule has 1 aromatic carbocycles. The van der Waals surface area contributed by atoms with Crippen LogP contribution in [0.2, 0.25) is 0 Å². The fourth-order valence-electron chi connectivity index (χ4n) is 2.51. The molecule has 2 amide bonds. The van der Waals surface area contributed by atoms with E-state index in [0.717, 1.165) is 5.56 Å². The lowest BCUT2D eigenvalue weighted by Crippen LogP contribution is -2.44. The van der Waals surface area contributed by atoms with Crippen LogP contribution in [0.5, 0.6) is 5.88 Å². The van der Waals surface area contributed by atoms with Crippen LogP contribution in [0.3, 0.4) is 0 Å². The normalized spacial score (nSPS) is 13.4. The van der Waals surface area contributed by atoms with E-state index >= 15 is 0 Å². The van der Waals surface area contributed by atoms with Gasteiger partial charge in [-0.2, -0.15) is 0 Å². The Bertz CT molecular complexity index is 777. The minimum absolute atomic E-state index is 0.119. The van der Waals surface area contributed by atoms with Crippen molar-refractivity contribution in [2.75, 3.05) is 18.6 Å². The lowest BCUT2D eigenvalue weighted by Gasteiger charge is -2.28. The van der Waals surface area contributed by atoms with E-state index in [2.05, 4.69) is 10.3 Å². The van der Waals surface area contributed by atoms with Gasteiger partial charge in [-0.1, -0.05) is 12.1 Å². The van der Waals surface area contributed by atoms with Crippen molar-refractivity contribution in [2.24, 2.45) is 0 Å². The number of methoxy groups -OCH3 is 1. The maximum absolute atomic E-state index is 12.9. The van der Waals surface area contributed by atoms with Crippen LogP contribution < -0.4 is 15.0 Å². The predicted molar refractivity (Wildman–Crippen MR) is 85.7 cm³/mol. The molecule has 124 valence electrons. The van der Waals surface area contributed by atoms with Gasteiger partial charge in [0, 0.05) is 25.6 Å². The lowest BCUT2D eigenvalue weighted by molar-refractivity contribution is 0.0975. The highest BCUT2D eigenvalue weighted by molar-refractivity contribution is 6.07. The number of pyridine rings is 1. The number of aromatic nitrogens is 1. The van der Waals surface area contributed by atoms with Gasteiger partial charge in [0.2, 0.25) is 5.88 Å². The Hall–Kier alpha value is -2.96. The number of Topliss-reactive ketones (excluding diaryl/α,β-unsaturated/α-hetero) is 1.